The van der Waals surface area contributed by atoms with Crippen LogP contribution < -0.4 is 26.4 Å². The van der Waals surface area contributed by atoms with Crippen LogP contribution in [0.2, 0.25) is 0 Å². The van der Waals surface area contributed by atoms with Crippen LogP contribution in [0.1, 0.15) is 5.56 Å². The molecule has 0 saturated heterocycles. The van der Waals surface area contributed by atoms with E-state index in [4.69, 9.17) is 16.2 Å². The Hall–Kier alpha value is -2.64. The molecule has 7 nitrogen and oxygen atoms in total. The number of nitrogens with two attached hydrogens (primary N) is 2. The number of hydrogen-bond acceptors (Lipinski definition) is 7. The minimum atomic E-state index is 0.0109. The number of ether oxygens (including phenoxy) is 1. The summed E-state index contributed by atoms with van der Waals surface area (Å²) in [5, 5.41) is 21.7. The van der Waals surface area contributed by atoms with Crippen LogP contribution in [-0.2, 0) is 6.54 Å². The van der Waals surface area contributed by atoms with Crippen molar-refractivity contribution in [1.82, 2.24) is 0 Å². The van der Waals surface area contributed by atoms with Crippen molar-refractivity contribution in [2.24, 2.45) is 0 Å². The Morgan fingerprint density at radius 2 is 1.76 bits per heavy atom. The van der Waals surface area contributed by atoms with Crippen molar-refractivity contribution in [1.29, 1.82) is 0 Å². The van der Waals surface area contributed by atoms with Gasteiger partial charge < -0.3 is 36.6 Å². The van der Waals surface area contributed by atoms with Gasteiger partial charge in [0.2, 0.25) is 0 Å². The standard InChI is InChI=1S/C18H26N4O3/c1-25-18-11-15(22(6-8-23)7-9-24)3-5-17(18)21-12-13-10-14(19)2-4-16(13)20/h2-5,10-11,21,23-24H,6-9,12,19-20H2,1H3. The first kappa shape index (κ1) is 18.7. The second kappa shape index (κ2) is 9.00. The van der Waals surface area contributed by atoms with Crippen molar-refractivity contribution in [3.63, 3.8) is 0 Å². The van der Waals surface area contributed by atoms with Crippen LogP contribution in [0.4, 0.5) is 22.7 Å². The van der Waals surface area contributed by atoms with Gasteiger partial charge in [0.05, 0.1) is 26.0 Å². The number of nitrogen functional groups attached to an aromatic ring is 2. The van der Waals surface area contributed by atoms with E-state index in [-0.39, 0.29) is 13.2 Å². The summed E-state index contributed by atoms with van der Waals surface area (Å²) in [6.45, 7) is 1.42. The lowest BCUT2D eigenvalue weighted by Crippen LogP contribution is -2.29. The fourth-order valence-corrected chi connectivity index (χ4v) is 2.60. The van der Waals surface area contributed by atoms with Gasteiger partial charge in [-0.3, -0.25) is 0 Å². The van der Waals surface area contributed by atoms with Crippen LogP contribution >= 0.6 is 0 Å². The van der Waals surface area contributed by atoms with Gasteiger partial charge in [0.25, 0.3) is 0 Å². The summed E-state index contributed by atoms with van der Waals surface area (Å²) in [7, 11) is 1.60. The number of nitrogens with zero attached hydrogens (tertiary/aromatic N) is 1. The van der Waals surface area contributed by atoms with Crippen molar-refractivity contribution in [3.8, 4) is 5.75 Å². The summed E-state index contributed by atoms with van der Waals surface area (Å²) in [6, 6.07) is 11.1. The smallest absolute Gasteiger partial charge is 0.144 e. The quantitative estimate of drug-likeness (QED) is 0.434. The number of nitrogens with one attached hydrogen (secondary N) is 1. The molecule has 7 N–H and O–H groups in total. The number of anilines is 4. The molecule has 0 aliphatic rings. The maximum absolute atomic E-state index is 9.18. The summed E-state index contributed by atoms with van der Waals surface area (Å²) >= 11 is 0. The first-order chi connectivity index (χ1) is 12.1. The fraction of sp³-hybridized carbons (Fsp3) is 0.333. The topological polar surface area (TPSA) is 117 Å². The van der Waals surface area contributed by atoms with Gasteiger partial charge in [0, 0.05) is 42.8 Å². The van der Waals surface area contributed by atoms with Gasteiger partial charge in [-0.05, 0) is 35.9 Å². The molecule has 25 heavy (non-hydrogen) atoms. The predicted octanol–water partition coefficient (Wildman–Crippen LogP) is 1.26. The maximum Gasteiger partial charge on any atom is 0.144 e. The summed E-state index contributed by atoms with van der Waals surface area (Å²) < 4.78 is 5.46. The van der Waals surface area contributed by atoms with Crippen molar-refractivity contribution < 1.29 is 14.9 Å². The minimum Gasteiger partial charge on any atom is -0.495 e. The van der Waals surface area contributed by atoms with Gasteiger partial charge in [-0.2, -0.15) is 0 Å². The molecule has 2 rings (SSSR count). The second-order valence-corrected chi connectivity index (χ2v) is 5.63. The Kier molecular flexibility index (Phi) is 6.73. The van der Waals surface area contributed by atoms with Crippen LogP contribution in [0.25, 0.3) is 0 Å². The van der Waals surface area contributed by atoms with Crippen molar-refractivity contribution in [2.75, 3.05) is 55.1 Å². The number of aliphatic hydroxyl groups excluding tert-OH is 2. The largest absolute Gasteiger partial charge is 0.495 e. The Morgan fingerprint density at radius 1 is 1.04 bits per heavy atom. The zero-order valence-electron chi connectivity index (χ0n) is 14.4. The predicted molar refractivity (Wildman–Crippen MR) is 102 cm³/mol. The first-order valence-corrected chi connectivity index (χ1v) is 8.11. The third kappa shape index (κ3) is 4.91. The van der Waals surface area contributed by atoms with E-state index in [0.717, 1.165) is 16.9 Å². The van der Waals surface area contributed by atoms with E-state index in [1.165, 1.54) is 0 Å². The molecule has 0 heterocycles. The van der Waals surface area contributed by atoms with Gasteiger partial charge in [-0.15, -0.1) is 0 Å². The normalized spacial score (nSPS) is 10.5. The maximum atomic E-state index is 9.18. The summed E-state index contributed by atoms with van der Waals surface area (Å²) in [5.41, 5.74) is 15.7. The number of rotatable bonds is 9. The van der Waals surface area contributed by atoms with E-state index in [0.29, 0.717) is 36.8 Å². The average Bonchev–Trinajstić information content (AvgIpc) is 2.62. The second-order valence-electron chi connectivity index (χ2n) is 5.63. The van der Waals surface area contributed by atoms with Crippen molar-refractivity contribution in [2.45, 2.75) is 6.54 Å². The van der Waals surface area contributed by atoms with Gasteiger partial charge in [0.15, 0.2) is 0 Å². The fourth-order valence-electron chi connectivity index (χ4n) is 2.60. The highest BCUT2D eigenvalue weighted by Crippen LogP contribution is 2.30. The molecule has 136 valence electrons. The first-order valence-electron chi connectivity index (χ1n) is 8.11. The molecule has 0 amide bonds. The molecule has 0 unspecified atom stereocenters. The van der Waals surface area contributed by atoms with Crippen LogP contribution in [0.5, 0.6) is 5.75 Å². The Balaban J connectivity index is 2.17. The van der Waals surface area contributed by atoms with Crippen LogP contribution in [0.15, 0.2) is 36.4 Å². The number of methoxy groups -OCH3 is 1. The number of benzene rings is 2. The van der Waals surface area contributed by atoms with Crippen LogP contribution in [-0.4, -0.2) is 43.6 Å². The molecular formula is C18H26N4O3. The average molecular weight is 346 g/mol. The van der Waals surface area contributed by atoms with Crippen molar-refractivity contribution >= 4 is 22.7 Å². The Morgan fingerprint density at radius 3 is 2.40 bits per heavy atom. The summed E-state index contributed by atoms with van der Waals surface area (Å²) in [6.07, 6.45) is 0. The van der Waals surface area contributed by atoms with Crippen LogP contribution in [0, 0.1) is 0 Å². The van der Waals surface area contributed by atoms with E-state index in [1.807, 2.05) is 29.2 Å². The molecule has 0 aromatic heterocycles. The monoisotopic (exact) mass is 346 g/mol. The minimum absolute atomic E-state index is 0.0109. The lowest BCUT2D eigenvalue weighted by atomic mass is 10.1. The third-order valence-corrected chi connectivity index (χ3v) is 3.93. The van der Waals surface area contributed by atoms with Gasteiger partial charge >= 0.3 is 0 Å². The van der Waals surface area contributed by atoms with E-state index >= 15 is 0 Å². The van der Waals surface area contributed by atoms with Crippen LogP contribution in [0.3, 0.4) is 0 Å². The molecule has 0 radical (unpaired) electrons. The lowest BCUT2D eigenvalue weighted by molar-refractivity contribution is 0.281. The highest BCUT2D eigenvalue weighted by Gasteiger charge is 2.10. The molecule has 0 atom stereocenters. The number of hydrogen-bond donors (Lipinski definition) is 5. The molecule has 0 fully saturated rings. The molecule has 0 aliphatic heterocycles. The molecular weight excluding hydrogens is 320 g/mol. The number of aliphatic hydroxyl groups is 2. The van der Waals surface area contributed by atoms with Gasteiger partial charge in [-0.1, -0.05) is 0 Å². The molecule has 0 aliphatic carbocycles. The van der Waals surface area contributed by atoms with Gasteiger partial charge in [0.1, 0.15) is 5.75 Å². The molecule has 0 saturated carbocycles. The Labute approximate surface area is 147 Å². The highest BCUT2D eigenvalue weighted by atomic mass is 16.5. The van der Waals surface area contributed by atoms with E-state index in [9.17, 15) is 10.2 Å². The van der Waals surface area contributed by atoms with E-state index < -0.39 is 0 Å². The highest BCUT2D eigenvalue weighted by molar-refractivity contribution is 5.65. The van der Waals surface area contributed by atoms with E-state index in [2.05, 4.69) is 5.32 Å². The zero-order chi connectivity index (χ0) is 18.2. The van der Waals surface area contributed by atoms with Gasteiger partial charge in [-0.25, -0.2) is 0 Å². The lowest BCUT2D eigenvalue weighted by Gasteiger charge is -2.24. The van der Waals surface area contributed by atoms with Crippen molar-refractivity contribution in [3.05, 3.63) is 42.0 Å². The summed E-state index contributed by atoms with van der Waals surface area (Å²) in [4.78, 5) is 1.89. The third-order valence-electron chi connectivity index (χ3n) is 3.93. The van der Waals surface area contributed by atoms with E-state index in [1.54, 1.807) is 19.2 Å². The molecule has 7 heteroatoms. The molecule has 0 bridgehead atoms. The summed E-state index contributed by atoms with van der Waals surface area (Å²) in [5.74, 6) is 0.667. The SMILES string of the molecule is COc1cc(N(CCO)CCO)ccc1NCc1cc(N)ccc1N. The Bertz CT molecular complexity index is 688. The molecule has 0 spiro atoms. The zero-order valence-corrected chi connectivity index (χ0v) is 14.4. The molecule has 2 aromatic carbocycles. The molecule has 2 aromatic rings.